The number of rotatable bonds is 3. The summed E-state index contributed by atoms with van der Waals surface area (Å²) < 4.78 is 0.844. The summed E-state index contributed by atoms with van der Waals surface area (Å²) in [5, 5.41) is 2.07. The lowest BCUT2D eigenvalue weighted by Crippen LogP contribution is -2.37. The van der Waals surface area contributed by atoms with Crippen LogP contribution in [0.4, 0.5) is 0 Å². The fourth-order valence-corrected chi connectivity index (χ4v) is 1.94. The summed E-state index contributed by atoms with van der Waals surface area (Å²) in [7, 11) is 0. The van der Waals surface area contributed by atoms with Crippen molar-refractivity contribution < 1.29 is 0 Å². The minimum atomic E-state index is -0.0929. The lowest BCUT2D eigenvalue weighted by atomic mass is 9.93. The summed E-state index contributed by atoms with van der Waals surface area (Å²) in [6.45, 7) is 4.17. The quantitative estimate of drug-likeness (QED) is 0.803. The standard InChI is InChI=1S/C9H14ClNS/c1-3-9(2,11)5-7-4-8(10)12-6-7/h4,6H,3,5,11H2,1-2H3. The minimum Gasteiger partial charge on any atom is -0.325 e. The van der Waals surface area contributed by atoms with E-state index < -0.39 is 0 Å². The predicted molar refractivity (Wildman–Crippen MR) is 55.9 cm³/mol. The molecular formula is C9H14ClNS. The minimum absolute atomic E-state index is 0.0929. The maximum Gasteiger partial charge on any atom is 0.0931 e. The molecule has 1 unspecified atom stereocenters. The third-order valence-corrected chi connectivity index (χ3v) is 3.18. The highest BCUT2D eigenvalue weighted by Crippen LogP contribution is 2.23. The van der Waals surface area contributed by atoms with Crippen molar-refractivity contribution in [2.24, 2.45) is 5.73 Å². The van der Waals surface area contributed by atoms with Crippen LogP contribution in [0, 0.1) is 0 Å². The van der Waals surface area contributed by atoms with Gasteiger partial charge in [0, 0.05) is 5.54 Å². The van der Waals surface area contributed by atoms with E-state index in [1.54, 1.807) is 11.3 Å². The molecule has 1 aromatic heterocycles. The molecule has 2 N–H and O–H groups in total. The predicted octanol–water partition coefficient (Wildman–Crippen LogP) is 3.07. The van der Waals surface area contributed by atoms with Gasteiger partial charge < -0.3 is 5.73 Å². The Morgan fingerprint density at radius 2 is 2.33 bits per heavy atom. The van der Waals surface area contributed by atoms with E-state index in [-0.39, 0.29) is 5.54 Å². The van der Waals surface area contributed by atoms with Crippen LogP contribution in [0.2, 0.25) is 4.34 Å². The van der Waals surface area contributed by atoms with Gasteiger partial charge in [0.25, 0.3) is 0 Å². The third kappa shape index (κ3) is 2.77. The lowest BCUT2D eigenvalue weighted by molar-refractivity contribution is 0.450. The van der Waals surface area contributed by atoms with Crippen LogP contribution in [-0.2, 0) is 6.42 Å². The Morgan fingerprint density at radius 3 is 2.75 bits per heavy atom. The van der Waals surface area contributed by atoms with Crippen LogP contribution in [-0.4, -0.2) is 5.54 Å². The summed E-state index contributed by atoms with van der Waals surface area (Å²) in [6, 6.07) is 1.99. The smallest absolute Gasteiger partial charge is 0.0931 e. The van der Waals surface area contributed by atoms with Crippen LogP contribution in [0.3, 0.4) is 0 Å². The largest absolute Gasteiger partial charge is 0.325 e. The van der Waals surface area contributed by atoms with Gasteiger partial charge in [-0.25, -0.2) is 0 Å². The van der Waals surface area contributed by atoms with Gasteiger partial charge in [-0.15, -0.1) is 11.3 Å². The average Bonchev–Trinajstić information content (AvgIpc) is 2.35. The van der Waals surface area contributed by atoms with E-state index in [1.165, 1.54) is 5.56 Å². The summed E-state index contributed by atoms with van der Waals surface area (Å²) in [6.07, 6.45) is 1.90. The fraction of sp³-hybridized carbons (Fsp3) is 0.556. The van der Waals surface area contributed by atoms with E-state index in [0.29, 0.717) is 0 Å². The van der Waals surface area contributed by atoms with Crippen molar-refractivity contribution in [3.8, 4) is 0 Å². The van der Waals surface area contributed by atoms with Gasteiger partial charge in [-0.1, -0.05) is 18.5 Å². The van der Waals surface area contributed by atoms with Crippen molar-refractivity contribution in [1.82, 2.24) is 0 Å². The van der Waals surface area contributed by atoms with E-state index in [4.69, 9.17) is 17.3 Å². The monoisotopic (exact) mass is 203 g/mol. The van der Waals surface area contributed by atoms with E-state index in [0.717, 1.165) is 17.2 Å². The van der Waals surface area contributed by atoms with Crippen LogP contribution >= 0.6 is 22.9 Å². The van der Waals surface area contributed by atoms with Crippen LogP contribution < -0.4 is 5.73 Å². The van der Waals surface area contributed by atoms with Gasteiger partial charge in [0.05, 0.1) is 4.34 Å². The normalized spacial score (nSPS) is 16.0. The highest BCUT2D eigenvalue weighted by molar-refractivity contribution is 7.14. The highest BCUT2D eigenvalue weighted by Gasteiger charge is 2.16. The van der Waals surface area contributed by atoms with Gasteiger partial charge in [-0.3, -0.25) is 0 Å². The average molecular weight is 204 g/mol. The molecule has 3 heteroatoms. The molecule has 0 bridgehead atoms. The molecule has 0 saturated heterocycles. The Bertz CT molecular complexity index is 255. The zero-order chi connectivity index (χ0) is 9.19. The zero-order valence-electron chi connectivity index (χ0n) is 7.43. The summed E-state index contributed by atoms with van der Waals surface area (Å²) in [4.78, 5) is 0. The lowest BCUT2D eigenvalue weighted by Gasteiger charge is -2.21. The van der Waals surface area contributed by atoms with Gasteiger partial charge in [-0.05, 0) is 36.8 Å². The SMILES string of the molecule is CCC(C)(N)Cc1csc(Cl)c1. The van der Waals surface area contributed by atoms with Crippen molar-refractivity contribution in [3.63, 3.8) is 0 Å². The van der Waals surface area contributed by atoms with Crippen LogP contribution in [0.25, 0.3) is 0 Å². The van der Waals surface area contributed by atoms with E-state index >= 15 is 0 Å². The van der Waals surface area contributed by atoms with Gasteiger partial charge in [0.2, 0.25) is 0 Å². The van der Waals surface area contributed by atoms with Crippen molar-refractivity contribution in [3.05, 3.63) is 21.3 Å². The molecule has 1 aromatic rings. The van der Waals surface area contributed by atoms with Crippen molar-refractivity contribution in [1.29, 1.82) is 0 Å². The topological polar surface area (TPSA) is 26.0 Å². The summed E-state index contributed by atoms with van der Waals surface area (Å²) in [5.41, 5.74) is 7.17. The Balaban J connectivity index is 2.63. The number of nitrogens with two attached hydrogens (primary N) is 1. The molecule has 0 aliphatic heterocycles. The molecule has 0 aliphatic rings. The van der Waals surface area contributed by atoms with Crippen molar-refractivity contribution in [2.75, 3.05) is 0 Å². The first-order chi connectivity index (χ1) is 5.53. The molecule has 0 spiro atoms. The molecule has 0 fully saturated rings. The van der Waals surface area contributed by atoms with E-state index in [9.17, 15) is 0 Å². The first-order valence-corrected chi connectivity index (χ1v) is 5.31. The maximum atomic E-state index is 6.02. The molecule has 0 amide bonds. The summed E-state index contributed by atoms with van der Waals surface area (Å²) >= 11 is 7.38. The molecule has 1 heterocycles. The second kappa shape index (κ2) is 3.77. The highest BCUT2D eigenvalue weighted by atomic mass is 35.5. The third-order valence-electron chi connectivity index (χ3n) is 2.04. The van der Waals surface area contributed by atoms with Gasteiger partial charge in [-0.2, -0.15) is 0 Å². The van der Waals surface area contributed by atoms with Crippen LogP contribution in [0.1, 0.15) is 25.8 Å². The molecule has 1 nitrogen and oxygen atoms in total. The second-order valence-corrected chi connectivity index (χ2v) is 4.99. The molecule has 1 rings (SSSR count). The maximum absolute atomic E-state index is 6.02. The molecule has 12 heavy (non-hydrogen) atoms. The Labute approximate surface area is 82.5 Å². The Hall–Kier alpha value is -0.0500. The molecule has 0 aliphatic carbocycles. The van der Waals surface area contributed by atoms with Crippen LogP contribution in [0.15, 0.2) is 11.4 Å². The molecule has 0 aromatic carbocycles. The molecule has 1 atom stereocenters. The van der Waals surface area contributed by atoms with Gasteiger partial charge in [0.1, 0.15) is 0 Å². The molecular weight excluding hydrogens is 190 g/mol. The van der Waals surface area contributed by atoms with E-state index in [2.05, 4.69) is 19.2 Å². The van der Waals surface area contributed by atoms with E-state index in [1.807, 2.05) is 6.07 Å². The Kier molecular flexibility index (Phi) is 3.16. The summed E-state index contributed by atoms with van der Waals surface area (Å²) in [5.74, 6) is 0. The van der Waals surface area contributed by atoms with Crippen molar-refractivity contribution in [2.45, 2.75) is 32.2 Å². The molecule has 0 radical (unpaired) electrons. The zero-order valence-corrected chi connectivity index (χ0v) is 9.00. The first kappa shape index (κ1) is 10.0. The first-order valence-electron chi connectivity index (χ1n) is 4.05. The second-order valence-electron chi connectivity index (χ2n) is 3.44. The number of hydrogen-bond donors (Lipinski definition) is 1. The van der Waals surface area contributed by atoms with Gasteiger partial charge in [0.15, 0.2) is 0 Å². The Morgan fingerprint density at radius 1 is 1.67 bits per heavy atom. The number of hydrogen-bond acceptors (Lipinski definition) is 2. The number of thiophene rings is 1. The van der Waals surface area contributed by atoms with Crippen LogP contribution in [0.5, 0.6) is 0 Å². The molecule has 68 valence electrons. The fourth-order valence-electron chi connectivity index (χ4n) is 1.03. The van der Waals surface area contributed by atoms with Crippen molar-refractivity contribution >= 4 is 22.9 Å². The van der Waals surface area contributed by atoms with Gasteiger partial charge >= 0.3 is 0 Å². The molecule has 0 saturated carbocycles. The number of halogens is 1.